The highest BCUT2D eigenvalue weighted by Crippen LogP contribution is 2.43. The maximum absolute atomic E-state index is 14.3. The van der Waals surface area contributed by atoms with Gasteiger partial charge in [-0.2, -0.15) is 0 Å². The summed E-state index contributed by atoms with van der Waals surface area (Å²) < 4.78 is 19.9. The van der Waals surface area contributed by atoms with Gasteiger partial charge >= 0.3 is 5.97 Å². The summed E-state index contributed by atoms with van der Waals surface area (Å²) in [6.45, 7) is 0. The molecule has 3 aromatic carbocycles. The van der Waals surface area contributed by atoms with Crippen molar-refractivity contribution in [2.45, 2.75) is 24.9 Å². The highest BCUT2D eigenvalue weighted by molar-refractivity contribution is 5.91. The molecule has 166 valence electrons. The number of benzene rings is 3. The van der Waals surface area contributed by atoms with E-state index in [1.165, 1.54) is 12.1 Å². The van der Waals surface area contributed by atoms with E-state index in [0.29, 0.717) is 18.1 Å². The second-order valence-corrected chi connectivity index (χ2v) is 7.59. The summed E-state index contributed by atoms with van der Waals surface area (Å²) in [5.74, 6) is -8.27. The lowest BCUT2D eigenvalue weighted by Gasteiger charge is -2.33. The Balaban J connectivity index is 1.73. The highest BCUT2D eigenvalue weighted by Gasteiger charge is 2.35. The zero-order valence-corrected chi connectivity index (χ0v) is 16.5. The fourth-order valence-electron chi connectivity index (χ4n) is 3.95. The molecule has 0 saturated heterocycles. The average molecular weight is 442 g/mol. The maximum atomic E-state index is 14.3. The summed E-state index contributed by atoms with van der Waals surface area (Å²) >= 11 is 0. The van der Waals surface area contributed by atoms with E-state index in [-0.39, 0.29) is 6.42 Å². The summed E-state index contributed by atoms with van der Waals surface area (Å²) in [5.41, 5.74) is 1.43. The van der Waals surface area contributed by atoms with E-state index >= 15 is 0 Å². The Morgan fingerprint density at radius 3 is 2.00 bits per heavy atom. The zero-order valence-electron chi connectivity index (χ0n) is 16.5. The predicted molar refractivity (Wildman–Crippen MR) is 109 cm³/mol. The van der Waals surface area contributed by atoms with Crippen molar-refractivity contribution in [1.82, 2.24) is 0 Å². The van der Waals surface area contributed by atoms with E-state index in [4.69, 9.17) is 4.74 Å². The molecule has 0 aliphatic heterocycles. The van der Waals surface area contributed by atoms with Crippen LogP contribution in [0.1, 0.15) is 33.0 Å². The van der Waals surface area contributed by atoms with Crippen molar-refractivity contribution < 1.29 is 44.6 Å². The van der Waals surface area contributed by atoms with Crippen LogP contribution in [-0.4, -0.2) is 42.7 Å². The second kappa shape index (κ2) is 7.84. The Bertz CT molecular complexity index is 1200. The van der Waals surface area contributed by atoms with E-state index in [1.54, 1.807) is 0 Å². The number of carbonyl (C=O) groups is 1. The van der Waals surface area contributed by atoms with Crippen molar-refractivity contribution in [3.05, 3.63) is 70.5 Å². The molecule has 0 fully saturated rings. The molecule has 4 rings (SSSR count). The highest BCUT2D eigenvalue weighted by atomic mass is 19.1. The van der Waals surface area contributed by atoms with Gasteiger partial charge in [-0.15, -0.1) is 0 Å². The van der Waals surface area contributed by atoms with Crippen molar-refractivity contribution in [2.75, 3.05) is 0 Å². The summed E-state index contributed by atoms with van der Waals surface area (Å²) in [5, 5.41) is 58.2. The first-order valence-corrected chi connectivity index (χ1v) is 9.63. The SMILES string of the molecule is O=C(OC1Cc2ccccc2C[C@H]1c1cc(O)c(O)c(O)c1)c1cc(O)c(O)c(O)c1F. The number of hydrogen-bond donors (Lipinski definition) is 6. The molecule has 3 aromatic rings. The number of phenolic OH excluding ortho intramolecular Hbond substituents is 6. The molecule has 32 heavy (non-hydrogen) atoms. The molecule has 0 bridgehead atoms. The quantitative estimate of drug-likeness (QED) is 0.268. The Morgan fingerprint density at radius 2 is 1.38 bits per heavy atom. The molecule has 6 N–H and O–H groups in total. The molecule has 2 atom stereocenters. The molecule has 0 aromatic heterocycles. The Labute approximate surface area is 181 Å². The first-order chi connectivity index (χ1) is 15.2. The number of aromatic hydroxyl groups is 6. The van der Waals surface area contributed by atoms with E-state index < -0.39 is 63.9 Å². The molecular weight excluding hydrogens is 423 g/mol. The van der Waals surface area contributed by atoms with Crippen LogP contribution in [-0.2, 0) is 17.6 Å². The summed E-state index contributed by atoms with van der Waals surface area (Å²) in [6, 6.07) is 10.5. The summed E-state index contributed by atoms with van der Waals surface area (Å²) in [4.78, 5) is 12.7. The lowest BCUT2D eigenvalue weighted by atomic mass is 9.78. The van der Waals surface area contributed by atoms with Crippen LogP contribution in [0.2, 0.25) is 0 Å². The minimum Gasteiger partial charge on any atom is -0.504 e. The molecule has 0 saturated carbocycles. The van der Waals surface area contributed by atoms with Crippen LogP contribution >= 0.6 is 0 Å². The van der Waals surface area contributed by atoms with Gasteiger partial charge in [0.2, 0.25) is 5.75 Å². The van der Waals surface area contributed by atoms with Crippen LogP contribution in [0.5, 0.6) is 34.5 Å². The largest absolute Gasteiger partial charge is 0.504 e. The summed E-state index contributed by atoms with van der Waals surface area (Å²) in [6.07, 6.45) is -0.294. The van der Waals surface area contributed by atoms with Gasteiger partial charge in [0.1, 0.15) is 11.7 Å². The lowest BCUT2D eigenvalue weighted by molar-refractivity contribution is 0.0209. The smallest absolute Gasteiger partial charge is 0.341 e. The summed E-state index contributed by atoms with van der Waals surface area (Å²) in [7, 11) is 0. The molecule has 1 aliphatic carbocycles. The van der Waals surface area contributed by atoms with Gasteiger partial charge < -0.3 is 35.4 Å². The molecule has 1 aliphatic rings. The van der Waals surface area contributed by atoms with E-state index in [2.05, 4.69) is 0 Å². The van der Waals surface area contributed by atoms with Crippen molar-refractivity contribution >= 4 is 5.97 Å². The number of rotatable bonds is 3. The Morgan fingerprint density at radius 1 is 0.812 bits per heavy atom. The third kappa shape index (κ3) is 3.58. The molecule has 0 spiro atoms. The van der Waals surface area contributed by atoms with Gasteiger partial charge in [0.15, 0.2) is 34.6 Å². The first-order valence-electron chi connectivity index (χ1n) is 9.63. The fraction of sp³-hybridized carbons (Fsp3) is 0.174. The molecule has 9 heteroatoms. The van der Waals surface area contributed by atoms with Crippen molar-refractivity contribution in [3.8, 4) is 34.5 Å². The second-order valence-electron chi connectivity index (χ2n) is 7.59. The lowest BCUT2D eigenvalue weighted by Crippen LogP contribution is -2.33. The molecule has 0 heterocycles. The van der Waals surface area contributed by atoms with Crippen LogP contribution in [0.15, 0.2) is 42.5 Å². The minimum atomic E-state index is -1.45. The van der Waals surface area contributed by atoms with Gasteiger partial charge in [-0.1, -0.05) is 24.3 Å². The van der Waals surface area contributed by atoms with Crippen molar-refractivity contribution in [1.29, 1.82) is 0 Å². The third-order valence-electron chi connectivity index (χ3n) is 5.62. The van der Waals surface area contributed by atoms with Gasteiger partial charge in [0.25, 0.3) is 0 Å². The molecule has 0 radical (unpaired) electrons. The standard InChI is InChI=1S/C23H19FO8/c24-19-14(9-17(27)21(29)22(19)30)23(31)32-18-8-11-4-2-1-3-10(11)5-13(18)12-6-15(25)20(28)16(26)7-12/h1-4,6-7,9,13,18,25-30H,5,8H2/t13-,18?/m0/s1. The van der Waals surface area contributed by atoms with Crippen LogP contribution in [0.4, 0.5) is 4.39 Å². The first kappa shape index (κ1) is 21.1. The number of esters is 1. The van der Waals surface area contributed by atoms with Crippen LogP contribution in [0.3, 0.4) is 0 Å². The molecular formula is C23H19FO8. The van der Waals surface area contributed by atoms with E-state index in [0.717, 1.165) is 11.1 Å². The average Bonchev–Trinajstić information content (AvgIpc) is 2.77. The normalized spacial score (nSPS) is 17.5. The van der Waals surface area contributed by atoms with Gasteiger partial charge in [0, 0.05) is 18.4 Å². The third-order valence-corrected chi connectivity index (χ3v) is 5.62. The van der Waals surface area contributed by atoms with Crippen molar-refractivity contribution in [3.63, 3.8) is 0 Å². The van der Waals surface area contributed by atoms with Crippen LogP contribution in [0.25, 0.3) is 0 Å². The Kier molecular flexibility index (Phi) is 5.17. The molecule has 8 nitrogen and oxygen atoms in total. The minimum absolute atomic E-state index is 0.229. The zero-order chi connectivity index (χ0) is 23.2. The van der Waals surface area contributed by atoms with Crippen LogP contribution < -0.4 is 0 Å². The van der Waals surface area contributed by atoms with Crippen molar-refractivity contribution in [2.24, 2.45) is 0 Å². The van der Waals surface area contributed by atoms with Gasteiger partial charge in [-0.05, 0) is 35.2 Å². The van der Waals surface area contributed by atoms with E-state index in [1.807, 2.05) is 24.3 Å². The molecule has 0 amide bonds. The fourth-order valence-corrected chi connectivity index (χ4v) is 3.95. The van der Waals surface area contributed by atoms with Gasteiger partial charge in [-0.25, -0.2) is 9.18 Å². The van der Waals surface area contributed by atoms with Crippen LogP contribution in [0, 0.1) is 5.82 Å². The number of halogens is 1. The number of fused-ring (bicyclic) bond motifs is 1. The number of carbonyl (C=O) groups excluding carboxylic acids is 1. The number of hydrogen-bond acceptors (Lipinski definition) is 8. The predicted octanol–water partition coefficient (Wildman–Crippen LogP) is 3.17. The monoisotopic (exact) mass is 442 g/mol. The van der Waals surface area contributed by atoms with Gasteiger partial charge in [-0.3, -0.25) is 0 Å². The maximum Gasteiger partial charge on any atom is 0.341 e. The topological polar surface area (TPSA) is 148 Å². The number of phenols is 6. The van der Waals surface area contributed by atoms with Gasteiger partial charge in [0.05, 0.1) is 0 Å². The molecule has 1 unspecified atom stereocenters. The van der Waals surface area contributed by atoms with E-state index in [9.17, 15) is 39.8 Å². The number of ether oxygens (including phenoxy) is 1. The Hall–Kier alpha value is -4.14.